The molecule has 1 aliphatic carbocycles. The number of aromatic nitrogens is 1. The van der Waals surface area contributed by atoms with E-state index in [1.807, 2.05) is 0 Å². The number of anilines is 1. The van der Waals surface area contributed by atoms with Gasteiger partial charge in [0.1, 0.15) is 11.9 Å². The van der Waals surface area contributed by atoms with Crippen molar-refractivity contribution in [2.45, 2.75) is 44.6 Å². The summed E-state index contributed by atoms with van der Waals surface area (Å²) in [5.41, 5.74) is 6.02. The first-order valence-corrected chi connectivity index (χ1v) is 6.18. The Morgan fingerprint density at radius 3 is 2.65 bits per heavy atom. The van der Waals surface area contributed by atoms with Crippen molar-refractivity contribution in [3.63, 3.8) is 0 Å². The van der Waals surface area contributed by atoms with Crippen LogP contribution in [0, 0.1) is 0 Å². The number of rotatable bonds is 2. The minimum absolute atomic E-state index is 0.0689. The third kappa shape index (κ3) is 3.44. The lowest BCUT2D eigenvalue weighted by atomic mass is 10.1. The number of nitrogen functional groups attached to an aromatic ring is 1. The fourth-order valence-electron chi connectivity index (χ4n) is 2.15. The molecule has 1 heterocycles. The monoisotopic (exact) mass is 234 g/mol. The highest BCUT2D eigenvalue weighted by Gasteiger charge is 2.17. The van der Waals surface area contributed by atoms with Crippen LogP contribution >= 0.6 is 0 Å². The molecule has 0 radical (unpaired) electrons. The third-order valence-electron chi connectivity index (χ3n) is 3.09. The van der Waals surface area contributed by atoms with Crippen LogP contribution in [-0.4, -0.2) is 17.1 Å². The van der Waals surface area contributed by atoms with E-state index in [-0.39, 0.29) is 12.1 Å². The molecule has 0 aromatic carbocycles. The lowest BCUT2D eigenvalue weighted by molar-refractivity contribution is 0.0267. The summed E-state index contributed by atoms with van der Waals surface area (Å²) in [6.45, 7) is 0. The maximum absolute atomic E-state index is 11.9. The van der Waals surface area contributed by atoms with Gasteiger partial charge in [-0.3, -0.25) is 0 Å². The van der Waals surface area contributed by atoms with Crippen LogP contribution in [0.3, 0.4) is 0 Å². The summed E-state index contributed by atoms with van der Waals surface area (Å²) in [7, 11) is 0. The van der Waals surface area contributed by atoms with E-state index >= 15 is 0 Å². The average Bonchev–Trinajstić information content (AvgIpc) is 2.57. The Bertz CT molecular complexity index is 385. The molecule has 1 saturated carbocycles. The molecule has 4 nitrogen and oxygen atoms in total. The van der Waals surface area contributed by atoms with Crippen LogP contribution in [0.4, 0.5) is 5.82 Å². The van der Waals surface area contributed by atoms with Gasteiger partial charge < -0.3 is 10.5 Å². The first kappa shape index (κ1) is 11.9. The van der Waals surface area contributed by atoms with Crippen molar-refractivity contribution in [1.82, 2.24) is 4.98 Å². The molecule has 1 fully saturated rings. The van der Waals surface area contributed by atoms with Gasteiger partial charge in [0.25, 0.3) is 0 Å². The van der Waals surface area contributed by atoms with Crippen LogP contribution < -0.4 is 5.73 Å². The molecule has 0 unspecified atom stereocenters. The van der Waals surface area contributed by atoms with Crippen LogP contribution in [0.5, 0.6) is 0 Å². The molecule has 0 bridgehead atoms. The van der Waals surface area contributed by atoms with Crippen molar-refractivity contribution >= 4 is 11.8 Å². The van der Waals surface area contributed by atoms with Crippen molar-refractivity contribution in [3.8, 4) is 0 Å². The quantitative estimate of drug-likeness (QED) is 0.631. The summed E-state index contributed by atoms with van der Waals surface area (Å²) < 4.78 is 5.49. The summed E-state index contributed by atoms with van der Waals surface area (Å²) in [5.74, 6) is 0.0614. The average molecular weight is 234 g/mol. The molecule has 92 valence electrons. The molecule has 2 N–H and O–H groups in total. The molecule has 0 aliphatic heterocycles. The van der Waals surface area contributed by atoms with Crippen molar-refractivity contribution in [2.24, 2.45) is 0 Å². The smallest absolute Gasteiger partial charge is 0.338 e. The second-order valence-electron chi connectivity index (χ2n) is 4.49. The molecule has 1 aromatic heterocycles. The Kier molecular flexibility index (Phi) is 3.96. The molecule has 17 heavy (non-hydrogen) atoms. The predicted octanol–water partition coefficient (Wildman–Crippen LogP) is 2.54. The first-order valence-electron chi connectivity index (χ1n) is 6.18. The zero-order valence-electron chi connectivity index (χ0n) is 9.89. The standard InChI is InChI=1S/C13H18N2O2/c14-12-9-10(7-8-15-12)13(16)17-11-5-3-1-2-4-6-11/h7-9,11H,1-6H2,(H2,14,15). The third-order valence-corrected chi connectivity index (χ3v) is 3.09. The summed E-state index contributed by atoms with van der Waals surface area (Å²) in [5, 5.41) is 0. The maximum atomic E-state index is 11.9. The summed E-state index contributed by atoms with van der Waals surface area (Å²) in [4.78, 5) is 15.7. The van der Waals surface area contributed by atoms with E-state index in [1.54, 1.807) is 12.1 Å². The number of hydrogen-bond acceptors (Lipinski definition) is 4. The van der Waals surface area contributed by atoms with Gasteiger partial charge in [0, 0.05) is 6.20 Å². The van der Waals surface area contributed by atoms with E-state index in [4.69, 9.17) is 10.5 Å². The van der Waals surface area contributed by atoms with Crippen LogP contribution in [0.15, 0.2) is 18.3 Å². The Labute approximate surface area is 101 Å². The van der Waals surface area contributed by atoms with Gasteiger partial charge in [0.05, 0.1) is 5.56 Å². The highest BCUT2D eigenvalue weighted by atomic mass is 16.5. The van der Waals surface area contributed by atoms with Crippen LogP contribution in [-0.2, 0) is 4.74 Å². The van der Waals surface area contributed by atoms with Gasteiger partial charge in [-0.25, -0.2) is 9.78 Å². The molecule has 4 heteroatoms. The Hall–Kier alpha value is -1.58. The lowest BCUT2D eigenvalue weighted by Crippen LogP contribution is -2.17. The predicted molar refractivity (Wildman–Crippen MR) is 65.6 cm³/mol. The van der Waals surface area contributed by atoms with E-state index in [2.05, 4.69) is 4.98 Å². The highest BCUT2D eigenvalue weighted by molar-refractivity contribution is 5.90. The number of esters is 1. The van der Waals surface area contributed by atoms with Crippen molar-refractivity contribution < 1.29 is 9.53 Å². The number of pyridine rings is 1. The molecule has 1 aliphatic rings. The van der Waals surface area contributed by atoms with Gasteiger partial charge in [-0.15, -0.1) is 0 Å². The molecule has 0 spiro atoms. The van der Waals surface area contributed by atoms with Gasteiger partial charge in [0.15, 0.2) is 0 Å². The van der Waals surface area contributed by atoms with E-state index in [0.717, 1.165) is 25.7 Å². The number of carbonyl (C=O) groups excluding carboxylic acids is 1. The molecule has 0 amide bonds. The van der Waals surface area contributed by atoms with Gasteiger partial charge in [0.2, 0.25) is 0 Å². The van der Waals surface area contributed by atoms with Crippen LogP contribution in [0.25, 0.3) is 0 Å². The van der Waals surface area contributed by atoms with Crippen molar-refractivity contribution in [3.05, 3.63) is 23.9 Å². The lowest BCUT2D eigenvalue weighted by Gasteiger charge is -2.15. The summed E-state index contributed by atoms with van der Waals surface area (Å²) >= 11 is 0. The van der Waals surface area contributed by atoms with Gasteiger partial charge in [-0.1, -0.05) is 12.8 Å². The minimum Gasteiger partial charge on any atom is -0.459 e. The topological polar surface area (TPSA) is 65.2 Å². The zero-order chi connectivity index (χ0) is 12.1. The van der Waals surface area contributed by atoms with Gasteiger partial charge in [-0.2, -0.15) is 0 Å². The fraction of sp³-hybridized carbons (Fsp3) is 0.538. The molecular formula is C13H18N2O2. The molecule has 0 saturated heterocycles. The SMILES string of the molecule is Nc1cc(C(=O)OC2CCCCCC2)ccn1. The number of hydrogen-bond donors (Lipinski definition) is 1. The number of carbonyl (C=O) groups is 1. The van der Waals surface area contributed by atoms with Crippen LogP contribution in [0.2, 0.25) is 0 Å². The second kappa shape index (κ2) is 5.66. The van der Waals surface area contributed by atoms with E-state index < -0.39 is 0 Å². The Morgan fingerprint density at radius 1 is 1.29 bits per heavy atom. The van der Waals surface area contributed by atoms with Crippen molar-refractivity contribution in [1.29, 1.82) is 0 Å². The fourth-order valence-corrected chi connectivity index (χ4v) is 2.15. The van der Waals surface area contributed by atoms with Crippen LogP contribution in [0.1, 0.15) is 48.9 Å². The van der Waals surface area contributed by atoms with E-state index in [0.29, 0.717) is 11.4 Å². The van der Waals surface area contributed by atoms with Crippen molar-refractivity contribution in [2.75, 3.05) is 5.73 Å². The zero-order valence-corrected chi connectivity index (χ0v) is 9.89. The van der Waals surface area contributed by atoms with E-state index in [9.17, 15) is 4.79 Å². The summed E-state index contributed by atoms with van der Waals surface area (Å²) in [6, 6.07) is 3.19. The Balaban J connectivity index is 1.96. The largest absolute Gasteiger partial charge is 0.459 e. The molecule has 1 aromatic rings. The molecular weight excluding hydrogens is 216 g/mol. The highest BCUT2D eigenvalue weighted by Crippen LogP contribution is 2.21. The second-order valence-corrected chi connectivity index (χ2v) is 4.49. The number of ether oxygens (including phenoxy) is 1. The van der Waals surface area contributed by atoms with Gasteiger partial charge >= 0.3 is 5.97 Å². The van der Waals surface area contributed by atoms with Gasteiger partial charge in [-0.05, 0) is 37.8 Å². The molecule has 2 rings (SSSR count). The maximum Gasteiger partial charge on any atom is 0.338 e. The van der Waals surface area contributed by atoms with E-state index in [1.165, 1.54) is 19.0 Å². The number of nitrogens with two attached hydrogens (primary N) is 1. The Morgan fingerprint density at radius 2 is 2.00 bits per heavy atom. The minimum atomic E-state index is -0.286. The number of nitrogens with zero attached hydrogens (tertiary/aromatic N) is 1. The first-order chi connectivity index (χ1) is 8.25. The normalized spacial score (nSPS) is 17.4. The molecule has 0 atom stereocenters. The summed E-state index contributed by atoms with van der Waals surface area (Å²) in [6.07, 6.45) is 8.34.